The molecule has 1 aliphatic carbocycles. The third-order valence-electron chi connectivity index (χ3n) is 6.34. The molecular weight excluding hydrogens is 406 g/mol. The van der Waals surface area contributed by atoms with Crippen LogP contribution in [0.3, 0.4) is 0 Å². The van der Waals surface area contributed by atoms with Gasteiger partial charge in [0.25, 0.3) is 0 Å². The van der Waals surface area contributed by atoms with Crippen LogP contribution in [0.15, 0.2) is 30.3 Å². The molecule has 0 heterocycles. The van der Waals surface area contributed by atoms with E-state index in [9.17, 15) is 13.5 Å². The first-order chi connectivity index (χ1) is 15.0. The molecule has 0 aromatic heterocycles. The predicted molar refractivity (Wildman–Crippen MR) is 131 cm³/mol. The molecule has 0 fully saturated rings. The van der Waals surface area contributed by atoms with E-state index in [1.165, 1.54) is 70.6 Å². The van der Waals surface area contributed by atoms with Gasteiger partial charge in [0.2, 0.25) is 15.0 Å². The molecule has 2 rings (SSSR count). The molecule has 2 N–H and O–H groups in total. The minimum absolute atomic E-state index is 0.0814. The molecule has 176 valence electrons. The van der Waals surface area contributed by atoms with Crippen molar-refractivity contribution in [1.82, 2.24) is 4.72 Å². The zero-order valence-corrected chi connectivity index (χ0v) is 20.3. The maximum absolute atomic E-state index is 12.8. The van der Waals surface area contributed by atoms with E-state index in [0.717, 1.165) is 24.8 Å². The van der Waals surface area contributed by atoms with Gasteiger partial charge in [-0.25, -0.2) is 13.1 Å². The Bertz CT molecular complexity index is 760. The Labute approximate surface area is 190 Å². The van der Waals surface area contributed by atoms with E-state index in [1.807, 2.05) is 18.2 Å². The molecular formula is C26H43NO3S. The van der Waals surface area contributed by atoms with Gasteiger partial charge in [-0.3, -0.25) is 0 Å². The molecule has 0 spiro atoms. The van der Waals surface area contributed by atoms with E-state index >= 15 is 0 Å². The third-order valence-corrected chi connectivity index (χ3v) is 8.20. The molecule has 4 nitrogen and oxygen atoms in total. The lowest BCUT2D eigenvalue weighted by Gasteiger charge is -2.31. The smallest absolute Gasteiger partial charge is 0.246 e. The molecule has 5 heteroatoms. The van der Waals surface area contributed by atoms with Crippen molar-refractivity contribution in [2.75, 3.05) is 6.54 Å². The monoisotopic (exact) mass is 449 g/mol. The topological polar surface area (TPSA) is 66.4 Å². The van der Waals surface area contributed by atoms with Crippen LogP contribution in [0.1, 0.15) is 114 Å². The Morgan fingerprint density at radius 3 is 1.94 bits per heavy atom. The van der Waals surface area contributed by atoms with Gasteiger partial charge in [-0.2, -0.15) is 0 Å². The third kappa shape index (κ3) is 8.36. The highest BCUT2D eigenvalue weighted by atomic mass is 32.2. The summed E-state index contributed by atoms with van der Waals surface area (Å²) >= 11 is 0. The fourth-order valence-electron chi connectivity index (χ4n) is 4.35. The fraction of sp³-hybridized carbons (Fsp3) is 0.692. The highest BCUT2D eigenvalue weighted by molar-refractivity contribution is 7.90. The van der Waals surface area contributed by atoms with E-state index in [-0.39, 0.29) is 6.42 Å². The summed E-state index contributed by atoms with van der Waals surface area (Å²) in [7, 11) is -3.86. The summed E-state index contributed by atoms with van der Waals surface area (Å²) < 4.78 is 28.3. The van der Waals surface area contributed by atoms with Gasteiger partial charge in [-0.1, -0.05) is 127 Å². The van der Waals surface area contributed by atoms with Crippen molar-refractivity contribution in [2.24, 2.45) is 0 Å². The Hall–Kier alpha value is -1.17. The van der Waals surface area contributed by atoms with E-state index < -0.39 is 15.0 Å². The summed E-state index contributed by atoms with van der Waals surface area (Å²) in [5.41, 5.74) is 1.23. The first-order valence-corrected chi connectivity index (χ1v) is 14.0. The largest absolute Gasteiger partial charge is 0.369 e. The first-order valence-electron chi connectivity index (χ1n) is 12.5. The van der Waals surface area contributed by atoms with E-state index in [1.54, 1.807) is 18.2 Å². The highest BCUT2D eigenvalue weighted by Crippen LogP contribution is 2.37. The standard InChI is InChI=1S/C26H43NO3S/c1-2-3-4-5-6-7-8-9-10-11-12-13-14-17-23-27-31(29,30)26(28)22-18-20-24-19-15-16-21-25(24)26/h15-16,18-21,27-28H,2-14,17,22-23H2,1H3. The summed E-state index contributed by atoms with van der Waals surface area (Å²) in [4.78, 5) is -1.88. The van der Waals surface area contributed by atoms with Crippen LogP contribution in [-0.2, 0) is 15.0 Å². The van der Waals surface area contributed by atoms with Gasteiger partial charge < -0.3 is 5.11 Å². The van der Waals surface area contributed by atoms with Crippen molar-refractivity contribution >= 4 is 16.1 Å². The normalized spacial score (nSPS) is 18.3. The van der Waals surface area contributed by atoms with Crippen molar-refractivity contribution in [1.29, 1.82) is 0 Å². The van der Waals surface area contributed by atoms with Crippen LogP contribution in [0, 0.1) is 0 Å². The van der Waals surface area contributed by atoms with Gasteiger partial charge in [0, 0.05) is 18.5 Å². The number of rotatable bonds is 17. The van der Waals surface area contributed by atoms with Gasteiger partial charge in [0.05, 0.1) is 0 Å². The number of aliphatic hydroxyl groups is 1. The number of hydrogen-bond donors (Lipinski definition) is 2. The van der Waals surface area contributed by atoms with E-state index in [4.69, 9.17) is 0 Å². The molecule has 31 heavy (non-hydrogen) atoms. The molecule has 0 aliphatic heterocycles. The summed E-state index contributed by atoms with van der Waals surface area (Å²) in [5.74, 6) is 0. The number of unbranched alkanes of at least 4 members (excludes halogenated alkanes) is 13. The lowest BCUT2D eigenvalue weighted by Crippen LogP contribution is -2.45. The van der Waals surface area contributed by atoms with Gasteiger partial charge in [0.15, 0.2) is 0 Å². The lowest BCUT2D eigenvalue weighted by atomic mass is 9.94. The fourth-order valence-corrected chi connectivity index (χ4v) is 5.80. The number of nitrogens with one attached hydrogen (secondary N) is 1. The number of fused-ring (bicyclic) bond motifs is 1. The second-order valence-electron chi connectivity index (χ2n) is 8.97. The van der Waals surface area contributed by atoms with Crippen LogP contribution in [0.5, 0.6) is 0 Å². The SMILES string of the molecule is CCCCCCCCCCCCCCCCNS(=O)(=O)C1(O)CC=Cc2ccccc21. The van der Waals surface area contributed by atoms with Crippen molar-refractivity contribution in [3.8, 4) is 0 Å². The Balaban J connectivity index is 1.53. The second-order valence-corrected chi connectivity index (χ2v) is 10.9. The van der Waals surface area contributed by atoms with Gasteiger partial charge in [0.1, 0.15) is 0 Å². The molecule has 1 atom stereocenters. The molecule has 0 saturated heterocycles. The second kappa shape index (κ2) is 14.1. The Morgan fingerprint density at radius 1 is 0.839 bits per heavy atom. The molecule has 1 aliphatic rings. The van der Waals surface area contributed by atoms with Crippen molar-refractivity contribution in [3.63, 3.8) is 0 Å². The van der Waals surface area contributed by atoms with Crippen LogP contribution < -0.4 is 4.72 Å². The zero-order valence-electron chi connectivity index (χ0n) is 19.4. The van der Waals surface area contributed by atoms with Crippen LogP contribution >= 0.6 is 0 Å². The van der Waals surface area contributed by atoms with Crippen LogP contribution in [0.2, 0.25) is 0 Å². The van der Waals surface area contributed by atoms with Gasteiger partial charge in [-0.05, 0) is 12.0 Å². The number of sulfonamides is 1. The summed E-state index contributed by atoms with van der Waals surface area (Å²) in [6.07, 6.45) is 21.5. The quantitative estimate of drug-likeness (QED) is 0.262. The predicted octanol–water partition coefficient (Wildman–Crippen LogP) is 6.65. The van der Waals surface area contributed by atoms with Gasteiger partial charge in [-0.15, -0.1) is 0 Å². The Morgan fingerprint density at radius 2 is 1.35 bits per heavy atom. The van der Waals surface area contributed by atoms with Crippen molar-refractivity contribution < 1.29 is 13.5 Å². The van der Waals surface area contributed by atoms with Crippen LogP contribution in [-0.4, -0.2) is 20.1 Å². The minimum atomic E-state index is -3.86. The van der Waals surface area contributed by atoms with E-state index in [2.05, 4.69) is 11.6 Å². The zero-order chi connectivity index (χ0) is 22.4. The molecule has 1 unspecified atom stereocenters. The average molecular weight is 450 g/mol. The van der Waals surface area contributed by atoms with Crippen molar-refractivity contribution in [3.05, 3.63) is 41.5 Å². The highest BCUT2D eigenvalue weighted by Gasteiger charge is 2.44. The van der Waals surface area contributed by atoms with E-state index in [0.29, 0.717) is 12.1 Å². The maximum Gasteiger partial charge on any atom is 0.246 e. The minimum Gasteiger partial charge on any atom is -0.369 e. The number of benzene rings is 1. The van der Waals surface area contributed by atoms with Crippen LogP contribution in [0.25, 0.3) is 6.08 Å². The molecule has 1 aromatic rings. The van der Waals surface area contributed by atoms with Crippen molar-refractivity contribution in [2.45, 2.75) is 108 Å². The summed E-state index contributed by atoms with van der Waals surface area (Å²) in [6, 6.07) is 7.15. The first kappa shape index (κ1) is 26.1. The summed E-state index contributed by atoms with van der Waals surface area (Å²) in [6.45, 7) is 2.64. The average Bonchev–Trinajstić information content (AvgIpc) is 2.76. The molecule has 0 amide bonds. The number of hydrogen-bond acceptors (Lipinski definition) is 3. The molecule has 1 aromatic carbocycles. The molecule has 0 saturated carbocycles. The summed E-state index contributed by atoms with van der Waals surface area (Å²) in [5, 5.41) is 11.0. The van der Waals surface area contributed by atoms with Crippen LogP contribution in [0.4, 0.5) is 0 Å². The lowest BCUT2D eigenvalue weighted by molar-refractivity contribution is 0.124. The maximum atomic E-state index is 12.8. The molecule has 0 bridgehead atoms. The Kier molecular flexibility index (Phi) is 11.8. The molecule has 0 radical (unpaired) electrons. The van der Waals surface area contributed by atoms with Gasteiger partial charge >= 0.3 is 0 Å².